The molecule has 134 valence electrons. The molecule has 7 nitrogen and oxygen atoms in total. The molecule has 0 saturated carbocycles. The van der Waals surface area contributed by atoms with E-state index in [1.54, 1.807) is 22.0 Å². The zero-order valence-electron chi connectivity index (χ0n) is 13.7. The third-order valence-corrected chi connectivity index (χ3v) is 4.65. The van der Waals surface area contributed by atoms with Crippen molar-refractivity contribution >= 4 is 28.8 Å². The van der Waals surface area contributed by atoms with Crippen molar-refractivity contribution in [3.63, 3.8) is 0 Å². The number of nitrogens with two attached hydrogens (primary N) is 1. The first-order valence-corrected chi connectivity index (χ1v) is 8.69. The molecule has 0 fully saturated rings. The standard InChI is InChI=1S/C18H12FN5O2S/c19-12-5-3-11(4-6-12)16(20)23-26-18(25)13-10-22-24-14(7-8-21-17(13)24)15-2-1-9-27-15/h1-10H,(H2,20,23). The number of amidine groups is 1. The van der Waals surface area contributed by atoms with E-state index >= 15 is 0 Å². The second-order valence-electron chi connectivity index (χ2n) is 5.46. The van der Waals surface area contributed by atoms with E-state index in [4.69, 9.17) is 10.6 Å². The average molecular weight is 381 g/mol. The van der Waals surface area contributed by atoms with Gasteiger partial charge in [-0.05, 0) is 41.8 Å². The van der Waals surface area contributed by atoms with Gasteiger partial charge in [0.05, 0.1) is 16.8 Å². The summed E-state index contributed by atoms with van der Waals surface area (Å²) >= 11 is 1.55. The molecule has 0 radical (unpaired) electrons. The maximum Gasteiger partial charge on any atom is 0.371 e. The fourth-order valence-corrected chi connectivity index (χ4v) is 3.20. The lowest BCUT2D eigenvalue weighted by molar-refractivity contribution is 0.0518. The van der Waals surface area contributed by atoms with Crippen molar-refractivity contribution in [1.82, 2.24) is 14.6 Å². The molecule has 0 amide bonds. The second-order valence-corrected chi connectivity index (χ2v) is 6.41. The van der Waals surface area contributed by atoms with E-state index in [0.29, 0.717) is 11.2 Å². The smallest absolute Gasteiger partial charge is 0.371 e. The highest BCUT2D eigenvalue weighted by Gasteiger charge is 2.18. The van der Waals surface area contributed by atoms with Crippen LogP contribution in [0.3, 0.4) is 0 Å². The summed E-state index contributed by atoms with van der Waals surface area (Å²) in [6, 6.07) is 11.0. The van der Waals surface area contributed by atoms with Gasteiger partial charge in [0, 0.05) is 11.8 Å². The third kappa shape index (κ3) is 3.27. The SMILES string of the molecule is N/C(=N\OC(=O)c1cnn2c(-c3cccs3)ccnc12)c1ccc(F)cc1. The van der Waals surface area contributed by atoms with Crippen molar-refractivity contribution in [2.75, 3.05) is 0 Å². The van der Waals surface area contributed by atoms with Gasteiger partial charge < -0.3 is 10.6 Å². The molecule has 27 heavy (non-hydrogen) atoms. The molecule has 0 spiro atoms. The van der Waals surface area contributed by atoms with Crippen LogP contribution in [0.4, 0.5) is 4.39 Å². The van der Waals surface area contributed by atoms with Gasteiger partial charge in [-0.15, -0.1) is 11.3 Å². The maximum atomic E-state index is 13.0. The molecule has 0 aliphatic heterocycles. The predicted octanol–water partition coefficient (Wildman–Crippen LogP) is 3.07. The largest absolute Gasteiger partial charge is 0.380 e. The zero-order chi connectivity index (χ0) is 18.8. The Hall–Kier alpha value is -3.59. The summed E-state index contributed by atoms with van der Waals surface area (Å²) in [4.78, 5) is 22.5. The number of thiophene rings is 1. The fraction of sp³-hybridized carbons (Fsp3) is 0. The highest BCUT2D eigenvalue weighted by atomic mass is 32.1. The van der Waals surface area contributed by atoms with Crippen molar-refractivity contribution in [3.8, 4) is 10.6 Å². The van der Waals surface area contributed by atoms with Crippen LogP contribution < -0.4 is 5.73 Å². The van der Waals surface area contributed by atoms with Gasteiger partial charge in [0.25, 0.3) is 0 Å². The average Bonchev–Trinajstić information content (AvgIpc) is 3.36. The first-order valence-electron chi connectivity index (χ1n) is 7.81. The predicted molar refractivity (Wildman–Crippen MR) is 98.8 cm³/mol. The quantitative estimate of drug-likeness (QED) is 0.254. The lowest BCUT2D eigenvalue weighted by atomic mass is 10.2. The van der Waals surface area contributed by atoms with Crippen molar-refractivity contribution in [1.29, 1.82) is 0 Å². The summed E-state index contributed by atoms with van der Waals surface area (Å²) in [5.74, 6) is -1.19. The maximum absolute atomic E-state index is 13.0. The molecule has 9 heteroatoms. The van der Waals surface area contributed by atoms with Crippen LogP contribution in [0.25, 0.3) is 16.2 Å². The number of oxime groups is 1. The second kappa shape index (κ2) is 6.96. The first kappa shape index (κ1) is 16.9. The third-order valence-electron chi connectivity index (χ3n) is 3.76. The first-order chi connectivity index (χ1) is 13.1. The van der Waals surface area contributed by atoms with Gasteiger partial charge in [-0.2, -0.15) is 5.10 Å². The highest BCUT2D eigenvalue weighted by molar-refractivity contribution is 7.13. The van der Waals surface area contributed by atoms with Gasteiger partial charge in [-0.3, -0.25) is 0 Å². The van der Waals surface area contributed by atoms with E-state index in [1.807, 2.05) is 23.6 Å². The van der Waals surface area contributed by atoms with E-state index < -0.39 is 11.8 Å². The monoisotopic (exact) mass is 381 g/mol. The molecule has 2 N–H and O–H groups in total. The Kier molecular flexibility index (Phi) is 4.35. The number of fused-ring (bicyclic) bond motifs is 1. The Morgan fingerprint density at radius 2 is 2.04 bits per heavy atom. The zero-order valence-corrected chi connectivity index (χ0v) is 14.6. The summed E-state index contributed by atoms with van der Waals surface area (Å²) in [5, 5.41) is 9.80. The Labute approximate surface area is 156 Å². The van der Waals surface area contributed by atoms with Crippen LogP contribution in [0.2, 0.25) is 0 Å². The minimum absolute atomic E-state index is 0.0490. The molecule has 3 aromatic heterocycles. The number of carbonyl (C=O) groups is 1. The molecule has 0 saturated heterocycles. The number of nitrogens with zero attached hydrogens (tertiary/aromatic N) is 4. The molecular weight excluding hydrogens is 369 g/mol. The van der Waals surface area contributed by atoms with Crippen LogP contribution in [0.1, 0.15) is 15.9 Å². The molecule has 1 aromatic carbocycles. The number of carbonyl (C=O) groups excluding carboxylic acids is 1. The van der Waals surface area contributed by atoms with Crippen LogP contribution in [0.15, 0.2) is 65.4 Å². The van der Waals surface area contributed by atoms with E-state index in [0.717, 1.165) is 10.6 Å². The number of hydrogen-bond donors (Lipinski definition) is 1. The number of halogens is 1. The van der Waals surface area contributed by atoms with Crippen molar-refractivity contribution < 1.29 is 14.0 Å². The van der Waals surface area contributed by atoms with E-state index in [9.17, 15) is 9.18 Å². The van der Waals surface area contributed by atoms with E-state index in [2.05, 4.69) is 15.2 Å². The molecule has 4 aromatic rings. The summed E-state index contributed by atoms with van der Waals surface area (Å²) < 4.78 is 14.5. The highest BCUT2D eigenvalue weighted by Crippen LogP contribution is 2.25. The Morgan fingerprint density at radius 1 is 1.22 bits per heavy atom. The van der Waals surface area contributed by atoms with Gasteiger partial charge in [0.1, 0.15) is 11.4 Å². The fourth-order valence-electron chi connectivity index (χ4n) is 2.46. The normalized spacial score (nSPS) is 11.7. The van der Waals surface area contributed by atoms with Crippen LogP contribution >= 0.6 is 11.3 Å². The summed E-state index contributed by atoms with van der Waals surface area (Å²) in [7, 11) is 0. The topological polar surface area (TPSA) is 94.9 Å². The molecular formula is C18H12FN5O2S. The van der Waals surface area contributed by atoms with Crippen LogP contribution in [0, 0.1) is 5.82 Å². The number of rotatable bonds is 4. The van der Waals surface area contributed by atoms with Gasteiger partial charge in [0.2, 0.25) is 0 Å². The molecule has 4 rings (SSSR count). The summed E-state index contributed by atoms with van der Waals surface area (Å²) in [6.07, 6.45) is 2.96. The minimum atomic E-state index is -0.745. The van der Waals surface area contributed by atoms with Gasteiger partial charge in [-0.1, -0.05) is 11.2 Å². The van der Waals surface area contributed by atoms with Crippen LogP contribution in [0.5, 0.6) is 0 Å². The van der Waals surface area contributed by atoms with Gasteiger partial charge >= 0.3 is 5.97 Å². The summed E-state index contributed by atoms with van der Waals surface area (Å²) in [6.45, 7) is 0. The molecule has 0 atom stereocenters. The molecule has 0 aliphatic rings. The van der Waals surface area contributed by atoms with Crippen molar-refractivity contribution in [3.05, 3.63) is 77.2 Å². The number of benzene rings is 1. The lowest BCUT2D eigenvalue weighted by Gasteiger charge is -2.02. The van der Waals surface area contributed by atoms with Gasteiger partial charge in [0.15, 0.2) is 11.5 Å². The Morgan fingerprint density at radius 3 is 2.78 bits per heavy atom. The van der Waals surface area contributed by atoms with Crippen molar-refractivity contribution in [2.45, 2.75) is 0 Å². The lowest BCUT2D eigenvalue weighted by Crippen LogP contribution is -2.15. The molecule has 0 aliphatic carbocycles. The number of aromatic nitrogens is 3. The van der Waals surface area contributed by atoms with E-state index in [-0.39, 0.29) is 11.4 Å². The summed E-state index contributed by atoms with van der Waals surface area (Å²) in [5.41, 5.74) is 7.51. The minimum Gasteiger partial charge on any atom is -0.380 e. The molecule has 0 bridgehead atoms. The van der Waals surface area contributed by atoms with Crippen molar-refractivity contribution in [2.24, 2.45) is 10.9 Å². The van der Waals surface area contributed by atoms with Crippen LogP contribution in [-0.2, 0) is 4.84 Å². The Balaban J connectivity index is 1.61. The molecule has 0 unspecified atom stereocenters. The van der Waals surface area contributed by atoms with Crippen LogP contribution in [-0.4, -0.2) is 26.4 Å². The van der Waals surface area contributed by atoms with Gasteiger partial charge in [-0.25, -0.2) is 18.7 Å². The number of hydrogen-bond acceptors (Lipinski definition) is 6. The Bertz CT molecular complexity index is 1140. The molecule has 3 heterocycles. The van der Waals surface area contributed by atoms with E-state index in [1.165, 1.54) is 30.5 Å².